The average Bonchev–Trinajstić information content (AvgIpc) is 2.28. The Labute approximate surface area is 99.0 Å². The van der Waals surface area contributed by atoms with Gasteiger partial charge in [0.05, 0.1) is 0 Å². The smallest absolute Gasteiger partial charge is 0.164 e. The number of rotatable bonds is 2. The van der Waals surface area contributed by atoms with Gasteiger partial charge in [-0.1, -0.05) is 13.8 Å². The minimum atomic E-state index is -1.10. The second-order valence-corrected chi connectivity index (χ2v) is 4.57. The van der Waals surface area contributed by atoms with E-state index in [1.54, 1.807) is 0 Å². The molecule has 0 spiro atoms. The molecule has 2 rings (SSSR count). The maximum atomic E-state index is 13.8. The van der Waals surface area contributed by atoms with Crippen molar-refractivity contribution in [1.82, 2.24) is 5.32 Å². The van der Waals surface area contributed by atoms with Crippen molar-refractivity contribution in [3.63, 3.8) is 0 Å². The standard InChI is InChI=1S/C13H16F3N/c1-3-17-10-5-4-7(2)11-8(14)6-9(15)13(16)12(10)11/h6-7,10,17H,3-5H2,1-2H3. The normalized spacial score (nSPS) is 23.6. The molecule has 1 aliphatic carbocycles. The predicted molar refractivity (Wildman–Crippen MR) is 60.4 cm³/mol. The van der Waals surface area contributed by atoms with Gasteiger partial charge in [0.1, 0.15) is 5.82 Å². The number of hydrogen-bond donors (Lipinski definition) is 1. The summed E-state index contributed by atoms with van der Waals surface area (Å²) in [5.41, 5.74) is 0.518. The number of hydrogen-bond acceptors (Lipinski definition) is 1. The monoisotopic (exact) mass is 243 g/mol. The van der Waals surface area contributed by atoms with Crippen LogP contribution in [0.4, 0.5) is 13.2 Å². The minimum Gasteiger partial charge on any atom is -0.310 e. The molecule has 1 aromatic rings. The second-order valence-electron chi connectivity index (χ2n) is 4.57. The van der Waals surface area contributed by atoms with Crippen LogP contribution in [0, 0.1) is 17.5 Å². The molecule has 1 N–H and O–H groups in total. The first-order valence-corrected chi connectivity index (χ1v) is 5.96. The van der Waals surface area contributed by atoms with Crippen LogP contribution >= 0.6 is 0 Å². The molecule has 94 valence electrons. The summed E-state index contributed by atoms with van der Waals surface area (Å²) < 4.78 is 40.8. The van der Waals surface area contributed by atoms with Crippen LogP contribution < -0.4 is 5.32 Å². The van der Waals surface area contributed by atoms with Gasteiger partial charge in [0.2, 0.25) is 0 Å². The molecule has 0 heterocycles. The third-order valence-corrected chi connectivity index (χ3v) is 3.43. The number of benzene rings is 1. The summed E-state index contributed by atoms with van der Waals surface area (Å²) in [6, 6.07) is 0.371. The molecule has 0 aliphatic heterocycles. The van der Waals surface area contributed by atoms with E-state index in [0.717, 1.165) is 6.42 Å². The summed E-state index contributed by atoms with van der Waals surface area (Å²) in [5, 5.41) is 3.08. The Hall–Kier alpha value is -1.03. The maximum Gasteiger partial charge on any atom is 0.164 e. The molecule has 2 unspecified atom stereocenters. The Morgan fingerprint density at radius 2 is 1.88 bits per heavy atom. The summed E-state index contributed by atoms with van der Waals surface area (Å²) >= 11 is 0. The van der Waals surface area contributed by atoms with Gasteiger partial charge in [-0.2, -0.15) is 0 Å². The van der Waals surface area contributed by atoms with Gasteiger partial charge in [0, 0.05) is 17.7 Å². The SMILES string of the molecule is CCNC1CCC(C)c2c(F)cc(F)c(F)c21. The fourth-order valence-electron chi connectivity index (χ4n) is 2.63. The van der Waals surface area contributed by atoms with E-state index in [1.807, 2.05) is 13.8 Å². The van der Waals surface area contributed by atoms with E-state index in [2.05, 4.69) is 5.32 Å². The van der Waals surface area contributed by atoms with E-state index in [-0.39, 0.29) is 17.5 Å². The molecule has 0 bridgehead atoms. The first-order chi connectivity index (χ1) is 8.06. The van der Waals surface area contributed by atoms with Gasteiger partial charge in [-0.3, -0.25) is 0 Å². The van der Waals surface area contributed by atoms with Gasteiger partial charge >= 0.3 is 0 Å². The van der Waals surface area contributed by atoms with Gasteiger partial charge in [0.25, 0.3) is 0 Å². The molecule has 2 atom stereocenters. The van der Waals surface area contributed by atoms with Crippen molar-refractivity contribution < 1.29 is 13.2 Å². The Kier molecular flexibility index (Phi) is 3.43. The van der Waals surface area contributed by atoms with E-state index in [1.165, 1.54) is 0 Å². The lowest BCUT2D eigenvalue weighted by atomic mass is 9.80. The molecule has 0 saturated carbocycles. The highest BCUT2D eigenvalue weighted by atomic mass is 19.2. The lowest BCUT2D eigenvalue weighted by Crippen LogP contribution is -2.28. The van der Waals surface area contributed by atoms with E-state index in [0.29, 0.717) is 24.6 Å². The molecule has 0 amide bonds. The van der Waals surface area contributed by atoms with Crippen LogP contribution in [0.3, 0.4) is 0 Å². The zero-order valence-electron chi connectivity index (χ0n) is 9.99. The lowest BCUT2D eigenvalue weighted by Gasteiger charge is -2.31. The van der Waals surface area contributed by atoms with Gasteiger partial charge in [-0.05, 0) is 30.9 Å². The molecule has 0 radical (unpaired) electrons. The molecule has 0 saturated heterocycles. The van der Waals surface area contributed by atoms with Gasteiger partial charge in [0.15, 0.2) is 11.6 Å². The third kappa shape index (κ3) is 2.06. The van der Waals surface area contributed by atoms with Crippen LogP contribution in [-0.2, 0) is 0 Å². The summed E-state index contributed by atoms with van der Waals surface area (Å²) in [6.45, 7) is 4.39. The van der Waals surface area contributed by atoms with Gasteiger partial charge in [-0.15, -0.1) is 0 Å². The number of nitrogens with one attached hydrogen (secondary N) is 1. The highest BCUT2D eigenvalue weighted by Crippen LogP contribution is 2.40. The molecule has 0 aromatic heterocycles. The fraction of sp³-hybridized carbons (Fsp3) is 0.538. The maximum absolute atomic E-state index is 13.8. The molecular formula is C13H16F3N. The van der Waals surface area contributed by atoms with E-state index in [9.17, 15) is 13.2 Å². The van der Waals surface area contributed by atoms with E-state index < -0.39 is 17.5 Å². The summed E-state index contributed by atoms with van der Waals surface area (Å²) in [5.74, 6) is -2.69. The van der Waals surface area contributed by atoms with Crippen molar-refractivity contribution in [2.24, 2.45) is 0 Å². The fourth-order valence-corrected chi connectivity index (χ4v) is 2.63. The van der Waals surface area contributed by atoms with Crippen molar-refractivity contribution in [3.05, 3.63) is 34.6 Å². The molecular weight excluding hydrogens is 227 g/mol. The topological polar surface area (TPSA) is 12.0 Å². The van der Waals surface area contributed by atoms with Crippen LogP contribution in [0.15, 0.2) is 6.07 Å². The average molecular weight is 243 g/mol. The second kappa shape index (κ2) is 4.69. The Bertz CT molecular complexity index is 431. The van der Waals surface area contributed by atoms with Crippen molar-refractivity contribution in [3.8, 4) is 0 Å². The molecule has 1 aliphatic rings. The van der Waals surface area contributed by atoms with Crippen LogP contribution in [-0.4, -0.2) is 6.54 Å². The molecule has 4 heteroatoms. The van der Waals surface area contributed by atoms with Crippen molar-refractivity contribution in [2.45, 2.75) is 38.6 Å². The minimum absolute atomic E-state index is 0.0602. The Morgan fingerprint density at radius 1 is 1.18 bits per heavy atom. The van der Waals surface area contributed by atoms with Crippen molar-refractivity contribution in [2.75, 3.05) is 6.54 Å². The van der Waals surface area contributed by atoms with Crippen LogP contribution in [0.2, 0.25) is 0 Å². The summed E-state index contributed by atoms with van der Waals surface area (Å²) in [4.78, 5) is 0. The lowest BCUT2D eigenvalue weighted by molar-refractivity contribution is 0.388. The van der Waals surface area contributed by atoms with Crippen LogP contribution in [0.1, 0.15) is 49.8 Å². The number of halogens is 3. The summed E-state index contributed by atoms with van der Waals surface area (Å²) in [6.07, 6.45) is 1.49. The zero-order chi connectivity index (χ0) is 12.6. The summed E-state index contributed by atoms with van der Waals surface area (Å²) in [7, 11) is 0. The highest BCUT2D eigenvalue weighted by molar-refractivity contribution is 5.38. The van der Waals surface area contributed by atoms with Crippen molar-refractivity contribution in [1.29, 1.82) is 0 Å². The molecule has 17 heavy (non-hydrogen) atoms. The Balaban J connectivity index is 2.59. The largest absolute Gasteiger partial charge is 0.310 e. The quantitative estimate of drug-likeness (QED) is 0.782. The predicted octanol–water partition coefficient (Wildman–Crippen LogP) is 3.65. The molecule has 0 fully saturated rings. The number of fused-ring (bicyclic) bond motifs is 1. The van der Waals surface area contributed by atoms with E-state index in [4.69, 9.17) is 0 Å². The zero-order valence-corrected chi connectivity index (χ0v) is 9.99. The van der Waals surface area contributed by atoms with Gasteiger partial charge < -0.3 is 5.32 Å². The van der Waals surface area contributed by atoms with Crippen LogP contribution in [0.25, 0.3) is 0 Å². The first kappa shape index (κ1) is 12.4. The highest BCUT2D eigenvalue weighted by Gasteiger charge is 2.31. The third-order valence-electron chi connectivity index (χ3n) is 3.43. The van der Waals surface area contributed by atoms with Crippen LogP contribution in [0.5, 0.6) is 0 Å². The first-order valence-electron chi connectivity index (χ1n) is 5.96. The van der Waals surface area contributed by atoms with Gasteiger partial charge in [-0.25, -0.2) is 13.2 Å². The van der Waals surface area contributed by atoms with E-state index >= 15 is 0 Å². The molecule has 1 nitrogen and oxygen atoms in total. The molecule has 1 aromatic carbocycles. The van der Waals surface area contributed by atoms with Crippen molar-refractivity contribution >= 4 is 0 Å². The Morgan fingerprint density at radius 3 is 2.53 bits per heavy atom.